The first-order chi connectivity index (χ1) is 19.0. The molecular weight excluding hydrogens is 630 g/mol. The molecule has 0 atom stereocenters. The molecule has 0 saturated carbocycles. The van der Waals surface area contributed by atoms with Crippen LogP contribution in [0.1, 0.15) is 12.5 Å². The van der Waals surface area contributed by atoms with Crippen LogP contribution in [0.5, 0.6) is 17.2 Å². The van der Waals surface area contributed by atoms with Crippen LogP contribution in [0, 0.1) is 0 Å². The Bertz CT molecular complexity index is 1790. The summed E-state index contributed by atoms with van der Waals surface area (Å²) in [6.45, 7) is 6.33. The van der Waals surface area contributed by atoms with E-state index in [1.165, 1.54) is 4.68 Å². The summed E-state index contributed by atoms with van der Waals surface area (Å²) in [5.74, 6) is 2.32. The second-order valence-electron chi connectivity index (χ2n) is 8.25. The number of ether oxygens (including phenoxy) is 3. The molecule has 0 saturated heterocycles. The predicted molar refractivity (Wildman–Crippen MR) is 159 cm³/mol. The van der Waals surface area contributed by atoms with E-state index in [1.807, 2.05) is 31.2 Å². The van der Waals surface area contributed by atoms with E-state index in [4.69, 9.17) is 23.6 Å². The lowest BCUT2D eigenvalue weighted by atomic mass is 10.2. The molecule has 0 bridgehead atoms. The number of benzene rings is 3. The molecular formula is C29H23Br2N3O5. The SMILES string of the molecule is C=CCOc1c(OCC)cc(C=Nn2c(-c3cc4c(OC)cccc4o3)nc3ccccc3c2=O)c(Br)c1Br. The molecule has 198 valence electrons. The number of nitrogens with zero attached hydrogens (tertiary/aromatic N) is 3. The van der Waals surface area contributed by atoms with Crippen molar-refractivity contribution in [2.45, 2.75) is 6.92 Å². The first-order valence-electron chi connectivity index (χ1n) is 12.0. The van der Waals surface area contributed by atoms with Gasteiger partial charge >= 0.3 is 0 Å². The minimum atomic E-state index is -0.342. The van der Waals surface area contributed by atoms with Crippen molar-refractivity contribution in [2.24, 2.45) is 5.10 Å². The third-order valence-electron chi connectivity index (χ3n) is 5.83. The predicted octanol–water partition coefficient (Wildman–Crippen LogP) is 7.19. The molecule has 0 radical (unpaired) electrons. The summed E-state index contributed by atoms with van der Waals surface area (Å²) in [5.41, 5.74) is 1.44. The van der Waals surface area contributed by atoms with Crippen molar-refractivity contribution in [1.82, 2.24) is 9.66 Å². The van der Waals surface area contributed by atoms with Crippen molar-refractivity contribution < 1.29 is 18.6 Å². The van der Waals surface area contributed by atoms with E-state index in [-0.39, 0.29) is 11.4 Å². The van der Waals surface area contributed by atoms with Gasteiger partial charge in [0.15, 0.2) is 17.3 Å². The number of methoxy groups -OCH3 is 1. The molecule has 0 spiro atoms. The fourth-order valence-electron chi connectivity index (χ4n) is 4.07. The van der Waals surface area contributed by atoms with Gasteiger partial charge in [0.1, 0.15) is 17.9 Å². The first kappa shape index (κ1) is 26.7. The zero-order valence-corrected chi connectivity index (χ0v) is 24.3. The van der Waals surface area contributed by atoms with Crippen molar-refractivity contribution >= 4 is 59.9 Å². The fraction of sp³-hybridized carbons (Fsp3) is 0.138. The average molecular weight is 653 g/mol. The van der Waals surface area contributed by atoms with Crippen LogP contribution in [0.2, 0.25) is 0 Å². The summed E-state index contributed by atoms with van der Waals surface area (Å²) in [4.78, 5) is 18.4. The van der Waals surface area contributed by atoms with Gasteiger partial charge in [0.05, 0.1) is 40.7 Å². The van der Waals surface area contributed by atoms with Crippen LogP contribution < -0.4 is 19.8 Å². The van der Waals surface area contributed by atoms with Gasteiger partial charge in [-0.1, -0.05) is 30.9 Å². The van der Waals surface area contributed by atoms with Crippen molar-refractivity contribution in [3.05, 3.63) is 92.1 Å². The van der Waals surface area contributed by atoms with Crippen LogP contribution in [0.15, 0.2) is 90.5 Å². The molecule has 0 aliphatic carbocycles. The van der Waals surface area contributed by atoms with E-state index in [2.05, 4.69) is 43.5 Å². The van der Waals surface area contributed by atoms with Gasteiger partial charge in [0, 0.05) is 10.0 Å². The first-order valence-corrected chi connectivity index (χ1v) is 13.6. The zero-order chi connectivity index (χ0) is 27.5. The van der Waals surface area contributed by atoms with Crippen molar-refractivity contribution in [1.29, 1.82) is 0 Å². The summed E-state index contributed by atoms with van der Waals surface area (Å²) in [7, 11) is 1.59. The number of hydrogen-bond acceptors (Lipinski definition) is 7. The van der Waals surface area contributed by atoms with Gasteiger partial charge in [0.25, 0.3) is 5.56 Å². The maximum Gasteiger partial charge on any atom is 0.282 e. The van der Waals surface area contributed by atoms with Gasteiger partial charge in [-0.15, -0.1) is 0 Å². The Balaban J connectivity index is 1.69. The lowest BCUT2D eigenvalue weighted by molar-refractivity contribution is 0.295. The van der Waals surface area contributed by atoms with Gasteiger partial charge in [-0.3, -0.25) is 4.79 Å². The Morgan fingerprint density at radius 3 is 2.64 bits per heavy atom. The van der Waals surface area contributed by atoms with Crippen molar-refractivity contribution in [3.8, 4) is 28.8 Å². The summed E-state index contributed by atoms with van der Waals surface area (Å²) in [6.07, 6.45) is 3.21. The standard InChI is InChI=1S/C29H23Br2N3O5/c1-4-13-38-27-23(37-5-2)14-17(25(30)26(27)31)16-32-34-28(33-20-10-7-6-9-18(20)29(34)35)24-15-19-21(36-3)11-8-12-22(19)39-24/h4,6-12,14-16H,1,5,13H2,2-3H3. The molecule has 2 heterocycles. The molecule has 0 aliphatic rings. The van der Waals surface area contributed by atoms with E-state index in [1.54, 1.807) is 49.7 Å². The minimum absolute atomic E-state index is 0.249. The number of fused-ring (bicyclic) bond motifs is 2. The summed E-state index contributed by atoms with van der Waals surface area (Å²) in [5, 5.41) is 5.76. The molecule has 0 N–H and O–H groups in total. The second-order valence-corrected chi connectivity index (χ2v) is 9.84. The molecule has 5 rings (SSSR count). The number of halogens is 2. The van der Waals surface area contributed by atoms with Crippen LogP contribution in [0.4, 0.5) is 0 Å². The summed E-state index contributed by atoms with van der Waals surface area (Å²) in [6, 6.07) is 16.2. The van der Waals surface area contributed by atoms with Crippen molar-refractivity contribution in [3.63, 3.8) is 0 Å². The molecule has 0 unspecified atom stereocenters. The highest BCUT2D eigenvalue weighted by Crippen LogP contribution is 2.42. The summed E-state index contributed by atoms with van der Waals surface area (Å²) >= 11 is 7.19. The molecule has 3 aromatic carbocycles. The third-order valence-corrected chi connectivity index (χ3v) is 7.97. The molecule has 2 aromatic heterocycles. The van der Waals surface area contributed by atoms with Crippen molar-refractivity contribution in [2.75, 3.05) is 20.3 Å². The Morgan fingerprint density at radius 1 is 1.05 bits per heavy atom. The van der Waals surface area contributed by atoms with Crippen LogP contribution in [0.3, 0.4) is 0 Å². The highest BCUT2D eigenvalue weighted by molar-refractivity contribution is 9.13. The highest BCUT2D eigenvalue weighted by atomic mass is 79.9. The summed E-state index contributed by atoms with van der Waals surface area (Å²) < 4.78 is 25.8. The number of rotatable bonds is 9. The Hall–Kier alpha value is -3.89. The van der Waals surface area contributed by atoms with E-state index in [0.717, 1.165) is 5.39 Å². The Labute approximate surface area is 240 Å². The maximum absolute atomic E-state index is 13.6. The zero-order valence-electron chi connectivity index (χ0n) is 21.1. The Kier molecular flexibility index (Phi) is 7.85. The Morgan fingerprint density at radius 2 is 1.87 bits per heavy atom. The lowest BCUT2D eigenvalue weighted by Crippen LogP contribution is -2.20. The molecule has 10 heteroatoms. The highest BCUT2D eigenvalue weighted by Gasteiger charge is 2.19. The van der Waals surface area contributed by atoms with E-state index in [0.29, 0.717) is 67.2 Å². The molecule has 39 heavy (non-hydrogen) atoms. The van der Waals surface area contributed by atoms with Gasteiger partial charge < -0.3 is 18.6 Å². The third kappa shape index (κ3) is 5.09. The molecule has 0 aliphatic heterocycles. The fourth-order valence-corrected chi connectivity index (χ4v) is 5.01. The lowest BCUT2D eigenvalue weighted by Gasteiger charge is -2.15. The quantitative estimate of drug-likeness (QED) is 0.124. The van der Waals surface area contributed by atoms with Gasteiger partial charge in [-0.2, -0.15) is 9.78 Å². The topological polar surface area (TPSA) is 88.1 Å². The van der Waals surface area contributed by atoms with E-state index < -0.39 is 0 Å². The van der Waals surface area contributed by atoms with Gasteiger partial charge in [-0.05, 0) is 75.2 Å². The monoisotopic (exact) mass is 651 g/mol. The largest absolute Gasteiger partial charge is 0.496 e. The number of furan rings is 1. The van der Waals surface area contributed by atoms with Crippen LogP contribution >= 0.6 is 31.9 Å². The number of aromatic nitrogens is 2. The van der Waals surface area contributed by atoms with Crippen LogP contribution in [-0.4, -0.2) is 36.2 Å². The van der Waals surface area contributed by atoms with Crippen LogP contribution in [-0.2, 0) is 0 Å². The van der Waals surface area contributed by atoms with Gasteiger partial charge in [-0.25, -0.2) is 4.98 Å². The van der Waals surface area contributed by atoms with Crippen LogP contribution in [0.25, 0.3) is 33.5 Å². The number of hydrogen-bond donors (Lipinski definition) is 0. The normalized spacial score (nSPS) is 11.4. The minimum Gasteiger partial charge on any atom is -0.496 e. The molecule has 8 nitrogen and oxygen atoms in total. The second kappa shape index (κ2) is 11.5. The maximum atomic E-state index is 13.6. The van der Waals surface area contributed by atoms with E-state index in [9.17, 15) is 4.79 Å². The van der Waals surface area contributed by atoms with E-state index >= 15 is 0 Å². The molecule has 5 aromatic rings. The molecule has 0 amide bonds. The molecule has 0 fully saturated rings. The van der Waals surface area contributed by atoms with Gasteiger partial charge in [0.2, 0.25) is 5.82 Å². The number of para-hydroxylation sites is 1. The smallest absolute Gasteiger partial charge is 0.282 e. The average Bonchev–Trinajstić information content (AvgIpc) is 3.39.